The lowest BCUT2D eigenvalue weighted by atomic mass is 9.85. The molecule has 2 heterocycles. The van der Waals surface area contributed by atoms with Crippen molar-refractivity contribution in [1.82, 2.24) is 20.4 Å². The van der Waals surface area contributed by atoms with Gasteiger partial charge in [-0.1, -0.05) is 19.1 Å². The zero-order chi connectivity index (χ0) is 16.8. The SMILES string of the molecule is CC(CC(=O)NCc1ccc(-n2cccn2)cc1)C1CCCNC1.Cl. The van der Waals surface area contributed by atoms with E-state index in [4.69, 9.17) is 0 Å². The van der Waals surface area contributed by atoms with Crippen molar-refractivity contribution in [3.8, 4) is 5.69 Å². The quantitative estimate of drug-likeness (QED) is 0.830. The van der Waals surface area contributed by atoms with Crippen LogP contribution < -0.4 is 10.6 Å². The maximum absolute atomic E-state index is 12.2. The van der Waals surface area contributed by atoms with E-state index in [1.165, 1.54) is 12.8 Å². The van der Waals surface area contributed by atoms with Crippen LogP contribution in [0.15, 0.2) is 42.7 Å². The number of amides is 1. The molecule has 1 aromatic heterocycles. The molecule has 0 saturated carbocycles. The number of carbonyl (C=O) groups excluding carboxylic acids is 1. The fourth-order valence-electron chi connectivity index (χ4n) is 3.28. The third-order valence-corrected chi connectivity index (χ3v) is 4.84. The summed E-state index contributed by atoms with van der Waals surface area (Å²) in [7, 11) is 0. The Balaban J connectivity index is 0.00000225. The van der Waals surface area contributed by atoms with Gasteiger partial charge in [0.25, 0.3) is 0 Å². The molecule has 136 valence electrons. The summed E-state index contributed by atoms with van der Waals surface area (Å²) in [6.07, 6.45) is 6.74. The van der Waals surface area contributed by atoms with Gasteiger partial charge in [0.1, 0.15) is 0 Å². The highest BCUT2D eigenvalue weighted by Crippen LogP contribution is 2.22. The first-order chi connectivity index (χ1) is 11.7. The van der Waals surface area contributed by atoms with E-state index in [9.17, 15) is 4.79 Å². The first-order valence-electron chi connectivity index (χ1n) is 8.79. The first kappa shape index (κ1) is 19.5. The van der Waals surface area contributed by atoms with E-state index in [-0.39, 0.29) is 18.3 Å². The lowest BCUT2D eigenvalue weighted by Gasteiger charge is -2.28. The molecule has 0 spiro atoms. The highest BCUT2D eigenvalue weighted by molar-refractivity contribution is 5.85. The maximum atomic E-state index is 12.2. The van der Waals surface area contributed by atoms with Crippen LogP contribution in [0.1, 0.15) is 31.7 Å². The van der Waals surface area contributed by atoms with E-state index in [2.05, 4.69) is 22.7 Å². The molecule has 2 atom stereocenters. The van der Waals surface area contributed by atoms with Crippen LogP contribution in [0.2, 0.25) is 0 Å². The standard InChI is InChI=1S/C19H26N4O.ClH/c1-15(17-4-2-9-20-14-17)12-19(24)21-13-16-5-7-18(8-6-16)23-11-3-10-22-23;/h3,5-8,10-11,15,17,20H,2,4,9,12-14H2,1H3,(H,21,24);1H. The number of nitrogens with one attached hydrogen (secondary N) is 2. The third-order valence-electron chi connectivity index (χ3n) is 4.84. The number of hydrogen-bond acceptors (Lipinski definition) is 3. The number of nitrogens with zero attached hydrogens (tertiary/aromatic N) is 2. The van der Waals surface area contributed by atoms with E-state index >= 15 is 0 Å². The molecule has 2 aromatic rings. The van der Waals surface area contributed by atoms with Gasteiger partial charge < -0.3 is 10.6 Å². The van der Waals surface area contributed by atoms with Crippen LogP contribution in [-0.4, -0.2) is 28.8 Å². The van der Waals surface area contributed by atoms with Crippen LogP contribution in [0.3, 0.4) is 0 Å². The lowest BCUT2D eigenvalue weighted by molar-refractivity contribution is -0.122. The Morgan fingerprint density at radius 3 is 2.84 bits per heavy atom. The zero-order valence-corrected chi connectivity index (χ0v) is 15.5. The van der Waals surface area contributed by atoms with Gasteiger partial charge in [-0.05, 0) is 61.5 Å². The molecule has 1 amide bonds. The fraction of sp³-hybridized carbons (Fsp3) is 0.474. The van der Waals surface area contributed by atoms with Crippen LogP contribution in [0.25, 0.3) is 5.69 Å². The molecular formula is C19H27ClN4O. The van der Waals surface area contributed by atoms with E-state index in [0.717, 1.165) is 24.3 Å². The lowest BCUT2D eigenvalue weighted by Crippen LogP contribution is -2.35. The Morgan fingerprint density at radius 2 is 2.20 bits per heavy atom. The predicted molar refractivity (Wildman–Crippen MR) is 102 cm³/mol. The molecule has 0 aliphatic carbocycles. The summed E-state index contributed by atoms with van der Waals surface area (Å²) in [4.78, 5) is 12.2. The van der Waals surface area contributed by atoms with Gasteiger partial charge in [-0.25, -0.2) is 4.68 Å². The Morgan fingerprint density at radius 1 is 1.40 bits per heavy atom. The molecule has 1 fully saturated rings. The minimum atomic E-state index is 0. The number of benzene rings is 1. The van der Waals surface area contributed by atoms with Crippen molar-refractivity contribution in [2.45, 2.75) is 32.7 Å². The highest BCUT2D eigenvalue weighted by Gasteiger charge is 2.21. The Kier molecular flexibility index (Phi) is 7.47. The Labute approximate surface area is 155 Å². The molecule has 0 radical (unpaired) electrons. The summed E-state index contributed by atoms with van der Waals surface area (Å²) in [5.74, 6) is 1.20. The molecular weight excluding hydrogens is 336 g/mol. The van der Waals surface area contributed by atoms with E-state index in [1.54, 1.807) is 6.20 Å². The zero-order valence-electron chi connectivity index (χ0n) is 14.6. The van der Waals surface area contributed by atoms with Crippen LogP contribution in [0.4, 0.5) is 0 Å². The molecule has 25 heavy (non-hydrogen) atoms. The van der Waals surface area contributed by atoms with Gasteiger partial charge in [0, 0.05) is 25.4 Å². The number of rotatable bonds is 6. The minimum absolute atomic E-state index is 0. The summed E-state index contributed by atoms with van der Waals surface area (Å²) >= 11 is 0. The highest BCUT2D eigenvalue weighted by atomic mass is 35.5. The second-order valence-corrected chi connectivity index (χ2v) is 6.68. The van der Waals surface area contributed by atoms with Crippen molar-refractivity contribution in [2.75, 3.05) is 13.1 Å². The molecule has 1 aliphatic rings. The number of piperidine rings is 1. The summed E-state index contributed by atoms with van der Waals surface area (Å²) in [5, 5.41) is 10.7. The number of carbonyl (C=O) groups is 1. The van der Waals surface area contributed by atoms with Gasteiger partial charge >= 0.3 is 0 Å². The van der Waals surface area contributed by atoms with Gasteiger partial charge in [0.15, 0.2) is 0 Å². The van der Waals surface area contributed by atoms with Crippen molar-refractivity contribution in [2.24, 2.45) is 11.8 Å². The average Bonchev–Trinajstić information content (AvgIpc) is 3.16. The van der Waals surface area contributed by atoms with E-state index < -0.39 is 0 Å². The van der Waals surface area contributed by atoms with Crippen LogP contribution >= 0.6 is 12.4 Å². The van der Waals surface area contributed by atoms with Gasteiger partial charge in [-0.3, -0.25) is 4.79 Å². The minimum Gasteiger partial charge on any atom is -0.352 e. The molecule has 5 nitrogen and oxygen atoms in total. The van der Waals surface area contributed by atoms with Crippen molar-refractivity contribution < 1.29 is 4.79 Å². The van der Waals surface area contributed by atoms with E-state index in [1.807, 2.05) is 41.2 Å². The van der Waals surface area contributed by atoms with Crippen LogP contribution in [-0.2, 0) is 11.3 Å². The second-order valence-electron chi connectivity index (χ2n) is 6.68. The molecule has 2 N–H and O–H groups in total. The maximum Gasteiger partial charge on any atom is 0.220 e. The smallest absolute Gasteiger partial charge is 0.220 e. The molecule has 1 aliphatic heterocycles. The molecule has 2 unspecified atom stereocenters. The summed E-state index contributed by atoms with van der Waals surface area (Å²) in [6, 6.07) is 10.0. The van der Waals surface area contributed by atoms with E-state index in [0.29, 0.717) is 24.8 Å². The molecule has 6 heteroatoms. The average molecular weight is 363 g/mol. The van der Waals surface area contributed by atoms with Crippen LogP contribution in [0, 0.1) is 11.8 Å². The monoisotopic (exact) mass is 362 g/mol. The third kappa shape index (κ3) is 5.58. The number of halogens is 1. The number of aromatic nitrogens is 2. The normalized spacial score (nSPS) is 18.2. The molecule has 1 saturated heterocycles. The predicted octanol–water partition coefficient (Wildman–Crippen LogP) is 2.94. The fourth-order valence-corrected chi connectivity index (χ4v) is 3.28. The van der Waals surface area contributed by atoms with Gasteiger partial charge in [-0.15, -0.1) is 12.4 Å². The molecule has 3 rings (SSSR count). The van der Waals surface area contributed by atoms with Crippen molar-refractivity contribution in [3.05, 3.63) is 48.3 Å². The van der Waals surface area contributed by atoms with Crippen LogP contribution in [0.5, 0.6) is 0 Å². The summed E-state index contributed by atoms with van der Waals surface area (Å²) in [6.45, 7) is 4.93. The summed E-state index contributed by atoms with van der Waals surface area (Å²) < 4.78 is 1.82. The number of hydrogen-bond donors (Lipinski definition) is 2. The first-order valence-corrected chi connectivity index (χ1v) is 8.79. The van der Waals surface area contributed by atoms with Crippen molar-refractivity contribution in [1.29, 1.82) is 0 Å². The summed E-state index contributed by atoms with van der Waals surface area (Å²) in [5.41, 5.74) is 2.12. The molecule has 1 aromatic carbocycles. The Hall–Kier alpha value is -1.85. The molecule has 0 bridgehead atoms. The van der Waals surface area contributed by atoms with Gasteiger partial charge in [0.2, 0.25) is 5.91 Å². The van der Waals surface area contributed by atoms with Crippen molar-refractivity contribution >= 4 is 18.3 Å². The Bertz CT molecular complexity index is 636. The topological polar surface area (TPSA) is 59.0 Å². The largest absolute Gasteiger partial charge is 0.352 e. The second kappa shape index (κ2) is 9.59. The van der Waals surface area contributed by atoms with Gasteiger partial charge in [0.05, 0.1) is 5.69 Å². The van der Waals surface area contributed by atoms with Crippen molar-refractivity contribution in [3.63, 3.8) is 0 Å². The van der Waals surface area contributed by atoms with Gasteiger partial charge in [-0.2, -0.15) is 5.10 Å².